The smallest absolute Gasteiger partial charge is 0.00173 e. The van der Waals surface area contributed by atoms with Gasteiger partial charge in [0.2, 0.25) is 0 Å². The third-order valence-corrected chi connectivity index (χ3v) is 3.98. The van der Waals surface area contributed by atoms with Crippen molar-refractivity contribution in [3.05, 3.63) is 34.4 Å². The second-order valence-corrected chi connectivity index (χ2v) is 5.65. The van der Waals surface area contributed by atoms with Crippen LogP contribution in [0.3, 0.4) is 0 Å². The lowest BCUT2D eigenvalue weighted by atomic mass is 9.89. The summed E-state index contributed by atoms with van der Waals surface area (Å²) in [4.78, 5) is 0. The van der Waals surface area contributed by atoms with Crippen LogP contribution in [0.5, 0.6) is 0 Å². The molecule has 0 spiro atoms. The molecule has 1 fully saturated rings. The molecule has 0 bridgehead atoms. The molecule has 1 aromatic rings. The predicted molar refractivity (Wildman–Crippen MR) is 74.6 cm³/mol. The van der Waals surface area contributed by atoms with Gasteiger partial charge in [-0.05, 0) is 75.7 Å². The van der Waals surface area contributed by atoms with Crippen LogP contribution in [0, 0.1) is 26.7 Å². The maximum Gasteiger partial charge on any atom is -0.00173 e. The molecule has 94 valence electrons. The summed E-state index contributed by atoms with van der Waals surface area (Å²) in [5, 5.41) is 3.57. The van der Waals surface area contributed by atoms with Gasteiger partial charge < -0.3 is 5.32 Å². The molecule has 1 N–H and O–H groups in total. The largest absolute Gasteiger partial charge is 0.316 e. The molecule has 1 aliphatic rings. The van der Waals surface area contributed by atoms with Crippen molar-refractivity contribution in [2.45, 2.75) is 46.5 Å². The zero-order valence-electron chi connectivity index (χ0n) is 11.5. The van der Waals surface area contributed by atoms with E-state index in [1.807, 2.05) is 0 Å². The molecule has 1 heteroatoms. The third-order valence-electron chi connectivity index (χ3n) is 3.98. The zero-order chi connectivity index (χ0) is 12.3. The van der Waals surface area contributed by atoms with Gasteiger partial charge in [-0.15, -0.1) is 0 Å². The Labute approximate surface area is 106 Å². The van der Waals surface area contributed by atoms with E-state index in [1.165, 1.54) is 55.5 Å². The fourth-order valence-corrected chi connectivity index (χ4v) is 3.09. The summed E-state index contributed by atoms with van der Waals surface area (Å²) < 4.78 is 0. The van der Waals surface area contributed by atoms with Gasteiger partial charge in [-0.25, -0.2) is 0 Å². The van der Waals surface area contributed by atoms with E-state index in [0.29, 0.717) is 0 Å². The van der Waals surface area contributed by atoms with E-state index in [-0.39, 0.29) is 0 Å². The fraction of sp³-hybridized carbons (Fsp3) is 0.625. The van der Waals surface area contributed by atoms with Crippen LogP contribution in [0.2, 0.25) is 0 Å². The summed E-state index contributed by atoms with van der Waals surface area (Å²) in [6.07, 6.45) is 5.38. The lowest BCUT2D eigenvalue weighted by Crippen LogP contribution is -2.22. The van der Waals surface area contributed by atoms with Crippen molar-refractivity contribution in [2.75, 3.05) is 13.1 Å². The van der Waals surface area contributed by atoms with Crippen LogP contribution in [0.25, 0.3) is 0 Å². The standard InChI is InChI=1S/C16H25N/c1-12-8-13(2)16(14(3)9-12)10-15-6-4-5-7-17-11-15/h8-9,15,17H,4-7,10-11H2,1-3H3. The molecular weight excluding hydrogens is 206 g/mol. The summed E-state index contributed by atoms with van der Waals surface area (Å²) in [5.74, 6) is 0.831. The minimum absolute atomic E-state index is 0.831. The number of rotatable bonds is 2. The highest BCUT2D eigenvalue weighted by Crippen LogP contribution is 2.23. The van der Waals surface area contributed by atoms with Gasteiger partial charge in [0.25, 0.3) is 0 Å². The number of hydrogen-bond donors (Lipinski definition) is 1. The highest BCUT2D eigenvalue weighted by molar-refractivity contribution is 5.37. The van der Waals surface area contributed by atoms with Crippen molar-refractivity contribution >= 4 is 0 Å². The van der Waals surface area contributed by atoms with Gasteiger partial charge in [0.1, 0.15) is 0 Å². The molecular formula is C16H25N. The quantitative estimate of drug-likeness (QED) is 0.821. The molecule has 1 aromatic carbocycles. The second kappa shape index (κ2) is 5.68. The normalized spacial score (nSPS) is 21.2. The summed E-state index contributed by atoms with van der Waals surface area (Å²) in [5.41, 5.74) is 5.94. The Balaban J connectivity index is 2.11. The van der Waals surface area contributed by atoms with Gasteiger partial charge in [0.15, 0.2) is 0 Å². The minimum atomic E-state index is 0.831. The molecule has 1 nitrogen and oxygen atoms in total. The van der Waals surface area contributed by atoms with Crippen LogP contribution in [0.15, 0.2) is 12.1 Å². The van der Waals surface area contributed by atoms with Gasteiger partial charge in [-0.1, -0.05) is 24.1 Å². The van der Waals surface area contributed by atoms with E-state index in [1.54, 1.807) is 5.56 Å². The van der Waals surface area contributed by atoms with Gasteiger partial charge in [-0.2, -0.15) is 0 Å². The Morgan fingerprint density at radius 3 is 2.53 bits per heavy atom. The van der Waals surface area contributed by atoms with Crippen LogP contribution in [0.4, 0.5) is 0 Å². The molecule has 0 saturated carbocycles. The predicted octanol–water partition coefficient (Wildman–Crippen LogP) is 3.54. The molecule has 1 aliphatic heterocycles. The van der Waals surface area contributed by atoms with E-state index >= 15 is 0 Å². The second-order valence-electron chi connectivity index (χ2n) is 5.65. The number of hydrogen-bond acceptors (Lipinski definition) is 1. The van der Waals surface area contributed by atoms with E-state index in [9.17, 15) is 0 Å². The highest BCUT2D eigenvalue weighted by Gasteiger charge is 2.14. The van der Waals surface area contributed by atoms with E-state index in [0.717, 1.165) is 5.92 Å². The number of benzene rings is 1. The fourth-order valence-electron chi connectivity index (χ4n) is 3.09. The average molecular weight is 231 g/mol. The first-order chi connectivity index (χ1) is 8.16. The van der Waals surface area contributed by atoms with Crippen molar-refractivity contribution in [2.24, 2.45) is 5.92 Å². The molecule has 1 heterocycles. The summed E-state index contributed by atoms with van der Waals surface area (Å²) in [6.45, 7) is 9.13. The Bertz CT molecular complexity index is 350. The van der Waals surface area contributed by atoms with Gasteiger partial charge in [0.05, 0.1) is 0 Å². The van der Waals surface area contributed by atoms with Crippen molar-refractivity contribution < 1.29 is 0 Å². The van der Waals surface area contributed by atoms with Crippen molar-refractivity contribution in [1.29, 1.82) is 0 Å². The van der Waals surface area contributed by atoms with Crippen LogP contribution in [0.1, 0.15) is 41.5 Å². The van der Waals surface area contributed by atoms with Crippen molar-refractivity contribution in [3.8, 4) is 0 Å². The molecule has 0 amide bonds. The lowest BCUT2D eigenvalue weighted by Gasteiger charge is -2.18. The monoisotopic (exact) mass is 231 g/mol. The third kappa shape index (κ3) is 3.32. The first-order valence-electron chi connectivity index (χ1n) is 6.94. The molecule has 17 heavy (non-hydrogen) atoms. The van der Waals surface area contributed by atoms with Crippen molar-refractivity contribution in [3.63, 3.8) is 0 Å². The Morgan fingerprint density at radius 1 is 1.12 bits per heavy atom. The first kappa shape index (κ1) is 12.6. The van der Waals surface area contributed by atoms with Crippen LogP contribution in [-0.2, 0) is 6.42 Å². The molecule has 1 atom stereocenters. The highest BCUT2D eigenvalue weighted by atomic mass is 14.9. The van der Waals surface area contributed by atoms with E-state index in [2.05, 4.69) is 38.2 Å². The first-order valence-corrected chi connectivity index (χ1v) is 6.94. The zero-order valence-corrected chi connectivity index (χ0v) is 11.5. The SMILES string of the molecule is Cc1cc(C)c(CC2CCCCNC2)c(C)c1. The summed E-state index contributed by atoms with van der Waals surface area (Å²) in [6, 6.07) is 4.65. The number of aryl methyl sites for hydroxylation is 3. The summed E-state index contributed by atoms with van der Waals surface area (Å²) >= 11 is 0. The van der Waals surface area contributed by atoms with Crippen LogP contribution >= 0.6 is 0 Å². The van der Waals surface area contributed by atoms with Crippen molar-refractivity contribution in [1.82, 2.24) is 5.32 Å². The maximum absolute atomic E-state index is 3.57. The molecule has 2 rings (SSSR count). The lowest BCUT2D eigenvalue weighted by molar-refractivity contribution is 0.475. The summed E-state index contributed by atoms with van der Waals surface area (Å²) in [7, 11) is 0. The van der Waals surface area contributed by atoms with Gasteiger partial charge >= 0.3 is 0 Å². The molecule has 0 aromatic heterocycles. The maximum atomic E-state index is 3.57. The molecule has 0 aliphatic carbocycles. The minimum Gasteiger partial charge on any atom is -0.316 e. The van der Waals surface area contributed by atoms with Gasteiger partial charge in [-0.3, -0.25) is 0 Å². The Hall–Kier alpha value is -0.820. The van der Waals surface area contributed by atoms with E-state index < -0.39 is 0 Å². The Morgan fingerprint density at radius 2 is 1.82 bits per heavy atom. The topological polar surface area (TPSA) is 12.0 Å². The van der Waals surface area contributed by atoms with E-state index in [4.69, 9.17) is 0 Å². The average Bonchev–Trinajstić information content (AvgIpc) is 2.51. The van der Waals surface area contributed by atoms with Crippen LogP contribution in [-0.4, -0.2) is 13.1 Å². The Kier molecular flexibility index (Phi) is 4.22. The number of nitrogens with one attached hydrogen (secondary N) is 1. The van der Waals surface area contributed by atoms with Crippen LogP contribution < -0.4 is 5.32 Å². The van der Waals surface area contributed by atoms with Gasteiger partial charge in [0, 0.05) is 0 Å². The molecule has 0 radical (unpaired) electrons. The molecule has 1 saturated heterocycles. The molecule has 1 unspecified atom stereocenters.